The van der Waals surface area contributed by atoms with E-state index in [1.54, 1.807) is 17.0 Å². The average molecular weight is 275 g/mol. The monoisotopic (exact) mass is 275 g/mol. The van der Waals surface area contributed by atoms with Crippen LogP contribution in [0.3, 0.4) is 0 Å². The Balaban J connectivity index is 2.24. The van der Waals surface area contributed by atoms with Crippen LogP contribution in [0.2, 0.25) is 0 Å². The molecule has 2 heterocycles. The van der Waals surface area contributed by atoms with Crippen LogP contribution < -0.4 is 5.32 Å². The minimum atomic E-state index is -0.0857. The number of furan rings is 1. The standard InChI is InChI=1S/C15H21N3O2/c1-4-7-18-13(15(19)16-10-11(2)3)9-12(17-18)14-6-5-8-20-14/h5-6,8-9,11H,4,7,10H2,1-3H3,(H,16,19). The Morgan fingerprint density at radius 2 is 2.30 bits per heavy atom. The number of aromatic nitrogens is 2. The highest BCUT2D eigenvalue weighted by Gasteiger charge is 2.17. The molecule has 5 heteroatoms. The zero-order valence-electron chi connectivity index (χ0n) is 12.2. The van der Waals surface area contributed by atoms with Gasteiger partial charge in [-0.05, 0) is 24.5 Å². The van der Waals surface area contributed by atoms with Crippen molar-refractivity contribution >= 4 is 5.91 Å². The second-order valence-electron chi connectivity index (χ2n) is 5.22. The van der Waals surface area contributed by atoms with Crippen LogP contribution in [-0.4, -0.2) is 22.2 Å². The van der Waals surface area contributed by atoms with E-state index < -0.39 is 0 Å². The number of nitrogens with zero attached hydrogens (tertiary/aromatic N) is 2. The molecule has 2 aromatic rings. The van der Waals surface area contributed by atoms with Gasteiger partial charge in [0, 0.05) is 19.2 Å². The van der Waals surface area contributed by atoms with Crippen molar-refractivity contribution in [1.82, 2.24) is 15.1 Å². The third-order valence-corrected chi connectivity index (χ3v) is 2.89. The molecule has 0 fully saturated rings. The first-order valence-corrected chi connectivity index (χ1v) is 7.01. The van der Waals surface area contributed by atoms with E-state index in [1.165, 1.54) is 0 Å². The Hall–Kier alpha value is -2.04. The molecular formula is C15H21N3O2. The van der Waals surface area contributed by atoms with Crippen LogP contribution in [0.4, 0.5) is 0 Å². The van der Waals surface area contributed by atoms with Crippen LogP contribution in [0.1, 0.15) is 37.7 Å². The fraction of sp³-hybridized carbons (Fsp3) is 0.467. The predicted molar refractivity (Wildman–Crippen MR) is 77.4 cm³/mol. The number of hydrogen-bond acceptors (Lipinski definition) is 3. The molecule has 2 aromatic heterocycles. The lowest BCUT2D eigenvalue weighted by atomic mass is 10.2. The van der Waals surface area contributed by atoms with Gasteiger partial charge in [0.05, 0.1) is 6.26 Å². The Morgan fingerprint density at radius 1 is 1.50 bits per heavy atom. The second kappa shape index (κ2) is 6.41. The predicted octanol–water partition coefficient (Wildman–Crippen LogP) is 2.94. The maximum atomic E-state index is 12.2. The number of aryl methyl sites for hydroxylation is 1. The van der Waals surface area contributed by atoms with E-state index in [-0.39, 0.29) is 5.91 Å². The van der Waals surface area contributed by atoms with Crippen molar-refractivity contribution in [2.45, 2.75) is 33.7 Å². The van der Waals surface area contributed by atoms with Crippen molar-refractivity contribution in [3.63, 3.8) is 0 Å². The van der Waals surface area contributed by atoms with Gasteiger partial charge in [-0.25, -0.2) is 0 Å². The third-order valence-electron chi connectivity index (χ3n) is 2.89. The largest absolute Gasteiger partial charge is 0.463 e. The molecule has 1 amide bonds. The summed E-state index contributed by atoms with van der Waals surface area (Å²) < 4.78 is 7.08. The summed E-state index contributed by atoms with van der Waals surface area (Å²) in [4.78, 5) is 12.2. The first kappa shape index (κ1) is 14.4. The summed E-state index contributed by atoms with van der Waals surface area (Å²) in [5.74, 6) is 1.02. The summed E-state index contributed by atoms with van der Waals surface area (Å²) in [7, 11) is 0. The van der Waals surface area contributed by atoms with Crippen molar-refractivity contribution in [1.29, 1.82) is 0 Å². The highest BCUT2D eigenvalue weighted by atomic mass is 16.3. The number of hydrogen-bond donors (Lipinski definition) is 1. The van der Waals surface area contributed by atoms with Crippen molar-refractivity contribution < 1.29 is 9.21 Å². The highest BCUT2D eigenvalue weighted by Crippen LogP contribution is 2.19. The highest BCUT2D eigenvalue weighted by molar-refractivity contribution is 5.93. The molecule has 1 N–H and O–H groups in total. The van der Waals surface area contributed by atoms with Crippen molar-refractivity contribution in [2.75, 3.05) is 6.54 Å². The zero-order chi connectivity index (χ0) is 14.5. The van der Waals surface area contributed by atoms with E-state index in [1.807, 2.05) is 12.1 Å². The lowest BCUT2D eigenvalue weighted by Crippen LogP contribution is -2.29. The molecule has 0 atom stereocenters. The van der Waals surface area contributed by atoms with Crippen LogP contribution in [0, 0.1) is 5.92 Å². The van der Waals surface area contributed by atoms with Crippen LogP contribution in [-0.2, 0) is 6.54 Å². The molecule has 0 aromatic carbocycles. The van der Waals surface area contributed by atoms with Gasteiger partial charge in [-0.1, -0.05) is 20.8 Å². The van der Waals surface area contributed by atoms with E-state index >= 15 is 0 Å². The van der Waals surface area contributed by atoms with Gasteiger partial charge in [0.1, 0.15) is 11.4 Å². The molecular weight excluding hydrogens is 254 g/mol. The van der Waals surface area contributed by atoms with Gasteiger partial charge < -0.3 is 9.73 Å². The lowest BCUT2D eigenvalue weighted by molar-refractivity contribution is 0.0938. The Labute approximate surface area is 119 Å². The molecule has 0 bridgehead atoms. The Bertz CT molecular complexity index is 556. The molecule has 20 heavy (non-hydrogen) atoms. The molecule has 0 aliphatic rings. The van der Waals surface area contributed by atoms with Crippen LogP contribution in [0.15, 0.2) is 28.9 Å². The van der Waals surface area contributed by atoms with Gasteiger partial charge in [0.2, 0.25) is 0 Å². The zero-order valence-corrected chi connectivity index (χ0v) is 12.2. The van der Waals surface area contributed by atoms with E-state index in [9.17, 15) is 4.79 Å². The molecule has 0 saturated heterocycles. The van der Waals surface area contributed by atoms with Crippen molar-refractivity contribution in [2.24, 2.45) is 5.92 Å². The van der Waals surface area contributed by atoms with E-state index in [4.69, 9.17) is 4.42 Å². The van der Waals surface area contributed by atoms with Gasteiger partial charge >= 0.3 is 0 Å². The van der Waals surface area contributed by atoms with E-state index in [0.717, 1.165) is 6.42 Å². The first-order valence-electron chi connectivity index (χ1n) is 7.01. The quantitative estimate of drug-likeness (QED) is 0.881. The van der Waals surface area contributed by atoms with Crippen molar-refractivity contribution in [3.8, 4) is 11.5 Å². The maximum Gasteiger partial charge on any atom is 0.269 e. The molecule has 0 saturated carbocycles. The molecule has 0 aliphatic carbocycles. The van der Waals surface area contributed by atoms with Gasteiger partial charge in [0.15, 0.2) is 5.76 Å². The Morgan fingerprint density at radius 3 is 2.90 bits per heavy atom. The summed E-state index contributed by atoms with van der Waals surface area (Å²) >= 11 is 0. The molecule has 0 spiro atoms. The second-order valence-corrected chi connectivity index (χ2v) is 5.22. The van der Waals surface area contributed by atoms with Gasteiger partial charge in [-0.3, -0.25) is 9.48 Å². The Kier molecular flexibility index (Phi) is 4.61. The smallest absolute Gasteiger partial charge is 0.269 e. The summed E-state index contributed by atoms with van der Waals surface area (Å²) in [6.07, 6.45) is 2.52. The van der Waals surface area contributed by atoms with E-state index in [0.29, 0.717) is 36.2 Å². The number of nitrogens with one attached hydrogen (secondary N) is 1. The number of carbonyl (C=O) groups is 1. The van der Waals surface area contributed by atoms with E-state index in [2.05, 4.69) is 31.2 Å². The number of carbonyl (C=O) groups excluding carboxylic acids is 1. The lowest BCUT2D eigenvalue weighted by Gasteiger charge is -2.08. The number of rotatable bonds is 6. The van der Waals surface area contributed by atoms with Crippen LogP contribution in [0.5, 0.6) is 0 Å². The summed E-state index contributed by atoms with van der Waals surface area (Å²) in [5, 5.41) is 7.38. The molecule has 108 valence electrons. The summed E-state index contributed by atoms with van der Waals surface area (Å²) in [5.41, 5.74) is 1.28. The summed E-state index contributed by atoms with van der Waals surface area (Å²) in [6, 6.07) is 5.44. The minimum Gasteiger partial charge on any atom is -0.463 e. The van der Waals surface area contributed by atoms with Gasteiger partial charge in [-0.2, -0.15) is 5.10 Å². The third kappa shape index (κ3) is 3.29. The summed E-state index contributed by atoms with van der Waals surface area (Å²) in [6.45, 7) is 7.57. The van der Waals surface area contributed by atoms with Gasteiger partial charge in [0.25, 0.3) is 5.91 Å². The number of amides is 1. The molecule has 5 nitrogen and oxygen atoms in total. The van der Waals surface area contributed by atoms with Gasteiger partial charge in [-0.15, -0.1) is 0 Å². The van der Waals surface area contributed by atoms with Crippen molar-refractivity contribution in [3.05, 3.63) is 30.2 Å². The maximum absolute atomic E-state index is 12.2. The average Bonchev–Trinajstić information content (AvgIpc) is 3.04. The molecule has 0 unspecified atom stereocenters. The minimum absolute atomic E-state index is 0.0857. The molecule has 0 radical (unpaired) electrons. The fourth-order valence-corrected chi connectivity index (χ4v) is 1.91. The van der Waals surface area contributed by atoms with Crippen LogP contribution >= 0.6 is 0 Å². The normalized spacial score (nSPS) is 11.0. The first-order chi connectivity index (χ1) is 9.61. The molecule has 2 rings (SSSR count). The fourth-order valence-electron chi connectivity index (χ4n) is 1.91. The molecule has 0 aliphatic heterocycles. The SMILES string of the molecule is CCCn1nc(-c2ccco2)cc1C(=O)NCC(C)C. The topological polar surface area (TPSA) is 60.1 Å². The van der Waals surface area contributed by atoms with Crippen LogP contribution in [0.25, 0.3) is 11.5 Å².